The number of para-hydroxylation sites is 1. The second-order valence-corrected chi connectivity index (χ2v) is 8.67. The quantitative estimate of drug-likeness (QED) is 0.717. The van der Waals surface area contributed by atoms with Crippen LogP contribution in [0, 0.1) is 31.6 Å². The van der Waals surface area contributed by atoms with Crippen LogP contribution in [0.3, 0.4) is 0 Å². The molecule has 1 saturated carbocycles. The molecule has 0 saturated heterocycles. The van der Waals surface area contributed by atoms with Crippen LogP contribution < -0.4 is 5.32 Å². The van der Waals surface area contributed by atoms with Gasteiger partial charge in [0, 0.05) is 5.69 Å². The van der Waals surface area contributed by atoms with Crippen LogP contribution in [0.2, 0.25) is 0 Å². The summed E-state index contributed by atoms with van der Waals surface area (Å²) in [7, 11) is 0. The molecule has 3 atom stereocenters. The Hall–Kier alpha value is -1.39. The molecule has 0 aliphatic heterocycles. The zero-order chi connectivity index (χ0) is 21.3. The maximum atomic E-state index is 11.9. The van der Waals surface area contributed by atoms with Gasteiger partial charge in [-0.2, -0.15) is 0 Å². The predicted octanol–water partition coefficient (Wildman–Crippen LogP) is 5.02. The second-order valence-electron chi connectivity index (χ2n) is 8.67. The van der Waals surface area contributed by atoms with Gasteiger partial charge < -0.3 is 10.4 Å². The molecule has 1 amide bonds. The van der Waals surface area contributed by atoms with Crippen LogP contribution in [0.1, 0.15) is 65.0 Å². The lowest BCUT2D eigenvalue weighted by Crippen LogP contribution is -2.33. The van der Waals surface area contributed by atoms with E-state index < -0.39 is 0 Å². The lowest BCUT2D eigenvalue weighted by atomic mass is 9.75. The van der Waals surface area contributed by atoms with E-state index in [9.17, 15) is 9.90 Å². The summed E-state index contributed by atoms with van der Waals surface area (Å²) in [6, 6.07) is 6.03. The highest BCUT2D eigenvalue weighted by Gasteiger charge is 2.28. The number of aliphatic hydroxyl groups excluding tert-OH is 1. The Kier molecular flexibility index (Phi) is 10.8. The average molecular weight is 391 g/mol. The van der Waals surface area contributed by atoms with Gasteiger partial charge in [-0.1, -0.05) is 59.2 Å². The summed E-state index contributed by atoms with van der Waals surface area (Å²) < 4.78 is 0. The van der Waals surface area contributed by atoms with Crippen molar-refractivity contribution < 1.29 is 9.90 Å². The first-order chi connectivity index (χ1) is 13.2. The number of benzene rings is 1. The molecule has 1 aliphatic carbocycles. The van der Waals surface area contributed by atoms with E-state index in [1.165, 1.54) is 12.8 Å². The molecule has 1 aliphatic rings. The number of carbonyl (C=O) groups excluding carboxylic acids is 1. The molecule has 0 bridgehead atoms. The number of aliphatic hydroxyl groups is 1. The van der Waals surface area contributed by atoms with Gasteiger partial charge in [-0.05, 0) is 68.7 Å². The molecule has 0 unspecified atom stereocenters. The highest BCUT2D eigenvalue weighted by molar-refractivity contribution is 5.93. The third-order valence-electron chi connectivity index (χ3n) is 5.99. The maximum Gasteiger partial charge on any atom is 0.238 e. The Morgan fingerprint density at radius 2 is 1.75 bits per heavy atom. The van der Waals surface area contributed by atoms with E-state index >= 15 is 0 Å². The van der Waals surface area contributed by atoms with Gasteiger partial charge in [0.1, 0.15) is 0 Å². The highest BCUT2D eigenvalue weighted by atomic mass is 16.3. The van der Waals surface area contributed by atoms with Gasteiger partial charge in [-0.3, -0.25) is 9.69 Å². The first kappa shape index (κ1) is 24.6. The summed E-state index contributed by atoms with van der Waals surface area (Å²) in [6.07, 6.45) is 3.52. The largest absolute Gasteiger partial charge is 0.393 e. The van der Waals surface area contributed by atoms with Crippen LogP contribution in [0.4, 0.5) is 5.69 Å². The van der Waals surface area contributed by atoms with Gasteiger partial charge in [0.15, 0.2) is 0 Å². The fraction of sp³-hybridized carbons (Fsp3) is 0.708. The topological polar surface area (TPSA) is 52.6 Å². The summed E-state index contributed by atoms with van der Waals surface area (Å²) in [4.78, 5) is 14.0. The molecule has 0 heterocycles. The first-order valence-corrected chi connectivity index (χ1v) is 11.0. The van der Waals surface area contributed by atoms with Gasteiger partial charge in [0.2, 0.25) is 5.91 Å². The van der Waals surface area contributed by atoms with Gasteiger partial charge in [0.05, 0.1) is 12.6 Å². The van der Waals surface area contributed by atoms with Gasteiger partial charge in [-0.25, -0.2) is 0 Å². The minimum Gasteiger partial charge on any atom is -0.393 e. The van der Waals surface area contributed by atoms with E-state index in [4.69, 9.17) is 0 Å². The molecule has 4 heteroatoms. The summed E-state index contributed by atoms with van der Waals surface area (Å²) in [6.45, 7) is 17.1. The summed E-state index contributed by atoms with van der Waals surface area (Å²) in [5.74, 6) is 2.01. The molecule has 28 heavy (non-hydrogen) atoms. The van der Waals surface area contributed by atoms with Crippen molar-refractivity contribution in [1.82, 2.24) is 4.90 Å². The molecule has 1 aromatic carbocycles. The lowest BCUT2D eigenvalue weighted by Gasteiger charge is -2.33. The number of hydrogen-bond donors (Lipinski definition) is 2. The van der Waals surface area contributed by atoms with Gasteiger partial charge >= 0.3 is 0 Å². The molecule has 2 rings (SSSR count). The lowest BCUT2D eigenvalue weighted by molar-refractivity contribution is -0.117. The summed E-state index contributed by atoms with van der Waals surface area (Å²) in [5, 5.41) is 12.7. The van der Waals surface area contributed by atoms with Crippen molar-refractivity contribution in [2.24, 2.45) is 17.8 Å². The number of anilines is 1. The fourth-order valence-corrected chi connectivity index (χ4v) is 3.99. The van der Waals surface area contributed by atoms with Gasteiger partial charge in [-0.15, -0.1) is 0 Å². The molecular weight excluding hydrogens is 348 g/mol. The molecule has 4 nitrogen and oxygen atoms in total. The first-order valence-electron chi connectivity index (χ1n) is 11.0. The average Bonchev–Trinajstić information content (AvgIpc) is 2.63. The van der Waals surface area contributed by atoms with Gasteiger partial charge in [0.25, 0.3) is 0 Å². The molecule has 0 aromatic heterocycles. The van der Waals surface area contributed by atoms with E-state index in [0.717, 1.165) is 42.2 Å². The normalized spacial score (nSPS) is 22.0. The monoisotopic (exact) mass is 390 g/mol. The second kappa shape index (κ2) is 12.2. The Labute approximate surface area is 172 Å². The Morgan fingerprint density at radius 3 is 2.21 bits per heavy atom. The zero-order valence-corrected chi connectivity index (χ0v) is 19.1. The van der Waals surface area contributed by atoms with Crippen LogP contribution in [0.25, 0.3) is 0 Å². The molecule has 0 radical (unpaired) electrons. The van der Waals surface area contributed by atoms with E-state index in [1.54, 1.807) is 0 Å². The number of likely N-dealkylation sites (N-methyl/N-ethyl adjacent to an activating group) is 1. The minimum atomic E-state index is -0.0289. The smallest absolute Gasteiger partial charge is 0.238 e. The van der Waals surface area contributed by atoms with Crippen molar-refractivity contribution in [1.29, 1.82) is 0 Å². The standard InChI is InChI=1S/C14H22N2O.C10H20O/c1-5-16(6-2)10-13(17)15-14-11(3)8-7-9-12(14)4;1-7(2)9-5-4-8(3)6-10(9)11/h7-9H,5-6,10H2,1-4H3,(H,15,17);7-11H,4-6H2,1-3H3/t;8-,9+,10-/m.1/s1. The van der Waals surface area contributed by atoms with E-state index in [-0.39, 0.29) is 12.0 Å². The van der Waals surface area contributed by atoms with Crippen molar-refractivity contribution in [2.75, 3.05) is 25.0 Å². The summed E-state index contributed by atoms with van der Waals surface area (Å²) in [5.41, 5.74) is 3.17. The third-order valence-corrected chi connectivity index (χ3v) is 5.99. The van der Waals surface area contributed by atoms with E-state index in [0.29, 0.717) is 18.4 Å². The van der Waals surface area contributed by atoms with Crippen molar-refractivity contribution in [3.63, 3.8) is 0 Å². The SMILES string of the molecule is CC(C)[C@@H]1CC[C@@H](C)C[C@H]1O.CCN(CC)CC(=O)Nc1c(C)cccc1C. The Morgan fingerprint density at radius 1 is 1.18 bits per heavy atom. The fourth-order valence-electron chi connectivity index (χ4n) is 3.99. The molecule has 0 spiro atoms. The number of amides is 1. The van der Waals surface area contributed by atoms with Crippen LogP contribution in [-0.4, -0.2) is 41.7 Å². The van der Waals surface area contributed by atoms with Crippen molar-refractivity contribution in [3.05, 3.63) is 29.3 Å². The van der Waals surface area contributed by atoms with Crippen LogP contribution >= 0.6 is 0 Å². The highest BCUT2D eigenvalue weighted by Crippen LogP contribution is 2.33. The number of carbonyl (C=O) groups is 1. The van der Waals surface area contributed by atoms with Crippen molar-refractivity contribution in [3.8, 4) is 0 Å². The molecule has 1 fully saturated rings. The molecule has 2 N–H and O–H groups in total. The van der Waals surface area contributed by atoms with Crippen molar-refractivity contribution >= 4 is 11.6 Å². The van der Waals surface area contributed by atoms with E-state index in [2.05, 4.69) is 44.8 Å². The maximum absolute atomic E-state index is 11.9. The zero-order valence-electron chi connectivity index (χ0n) is 19.1. The Bertz CT molecular complexity index is 576. The molecule has 1 aromatic rings. The predicted molar refractivity (Wildman–Crippen MR) is 120 cm³/mol. The number of nitrogens with one attached hydrogen (secondary N) is 1. The number of aryl methyl sites for hydroxylation is 2. The third kappa shape index (κ3) is 7.92. The van der Waals surface area contributed by atoms with Crippen LogP contribution in [0.15, 0.2) is 18.2 Å². The van der Waals surface area contributed by atoms with Crippen LogP contribution in [0.5, 0.6) is 0 Å². The minimum absolute atomic E-state index is 0.0289. The van der Waals surface area contributed by atoms with Crippen LogP contribution in [-0.2, 0) is 4.79 Å². The number of rotatable bonds is 6. The molecule has 160 valence electrons. The van der Waals surface area contributed by atoms with E-state index in [1.807, 2.05) is 32.0 Å². The molecular formula is C24H42N2O2. The summed E-state index contributed by atoms with van der Waals surface area (Å²) >= 11 is 0. The number of nitrogens with zero attached hydrogens (tertiary/aromatic N) is 1. The number of hydrogen-bond acceptors (Lipinski definition) is 3. The Balaban J connectivity index is 0.000000307. The van der Waals surface area contributed by atoms with Crippen molar-refractivity contribution in [2.45, 2.75) is 73.8 Å².